The maximum absolute atomic E-state index is 12.5. The minimum Gasteiger partial charge on any atom is -0.333 e. The van der Waals surface area contributed by atoms with E-state index in [4.69, 9.17) is 0 Å². The molecule has 8 nitrogen and oxygen atoms in total. The number of benzene rings is 1. The van der Waals surface area contributed by atoms with Crippen LogP contribution in [0.25, 0.3) is 11.0 Å². The zero-order valence-electron chi connectivity index (χ0n) is 13.9. The van der Waals surface area contributed by atoms with Gasteiger partial charge in [0.15, 0.2) is 5.82 Å². The molecule has 128 valence electrons. The van der Waals surface area contributed by atoms with E-state index in [0.29, 0.717) is 37.3 Å². The summed E-state index contributed by atoms with van der Waals surface area (Å²) >= 11 is 0. The molecule has 0 unspecified atom stereocenters. The summed E-state index contributed by atoms with van der Waals surface area (Å²) in [6.07, 6.45) is 0.572. The Labute approximate surface area is 143 Å². The van der Waals surface area contributed by atoms with Gasteiger partial charge in [0.1, 0.15) is 11.5 Å². The van der Waals surface area contributed by atoms with Crippen molar-refractivity contribution in [2.24, 2.45) is 0 Å². The van der Waals surface area contributed by atoms with Crippen molar-refractivity contribution in [2.75, 3.05) is 6.54 Å². The van der Waals surface area contributed by atoms with Crippen LogP contribution in [-0.2, 0) is 24.3 Å². The standard InChI is InChI=1S/C17H18N6O2/c1-11-20-21-15-10-22(8-9-23(11)15)16(24)7-6-14-17(25)19-13-5-3-2-4-12(13)18-14/h2-5H,6-10H2,1H3,(H,19,25). The SMILES string of the molecule is Cc1nnc2n1CCN(C(=O)CCc1nc3ccccc3[nH]c1=O)C2. The van der Waals surface area contributed by atoms with E-state index in [1.54, 1.807) is 4.90 Å². The predicted molar refractivity (Wildman–Crippen MR) is 90.9 cm³/mol. The van der Waals surface area contributed by atoms with E-state index >= 15 is 0 Å². The monoisotopic (exact) mass is 338 g/mol. The van der Waals surface area contributed by atoms with Crippen molar-refractivity contribution in [1.29, 1.82) is 0 Å². The number of H-pyrrole nitrogens is 1. The summed E-state index contributed by atoms with van der Waals surface area (Å²) in [6, 6.07) is 7.37. The van der Waals surface area contributed by atoms with Crippen LogP contribution in [0.15, 0.2) is 29.1 Å². The first-order valence-corrected chi connectivity index (χ1v) is 8.26. The number of nitrogens with zero attached hydrogens (tertiary/aromatic N) is 5. The molecule has 0 aliphatic carbocycles. The lowest BCUT2D eigenvalue weighted by molar-refractivity contribution is -0.132. The zero-order valence-corrected chi connectivity index (χ0v) is 13.9. The molecule has 0 fully saturated rings. The Balaban J connectivity index is 1.46. The third-order valence-corrected chi connectivity index (χ3v) is 4.54. The Bertz CT molecular complexity index is 1010. The van der Waals surface area contributed by atoms with Crippen molar-refractivity contribution in [2.45, 2.75) is 32.9 Å². The molecule has 0 bridgehead atoms. The number of aromatic amines is 1. The maximum atomic E-state index is 12.5. The number of para-hydroxylation sites is 2. The second kappa shape index (κ2) is 6.12. The van der Waals surface area contributed by atoms with Gasteiger partial charge in [-0.05, 0) is 19.1 Å². The fourth-order valence-electron chi connectivity index (χ4n) is 3.14. The molecular formula is C17H18N6O2. The van der Waals surface area contributed by atoms with E-state index in [1.165, 1.54) is 0 Å². The average Bonchev–Trinajstić information content (AvgIpc) is 3.00. The first kappa shape index (κ1) is 15.5. The third kappa shape index (κ3) is 2.90. The Morgan fingerprint density at radius 1 is 1.24 bits per heavy atom. The van der Waals surface area contributed by atoms with Gasteiger partial charge < -0.3 is 14.5 Å². The van der Waals surface area contributed by atoms with Crippen molar-refractivity contribution in [3.05, 3.63) is 52.0 Å². The van der Waals surface area contributed by atoms with Crippen LogP contribution in [0.5, 0.6) is 0 Å². The largest absolute Gasteiger partial charge is 0.333 e. The molecule has 0 saturated carbocycles. The average molecular weight is 338 g/mol. The van der Waals surface area contributed by atoms with Crippen molar-refractivity contribution in [3.63, 3.8) is 0 Å². The highest BCUT2D eigenvalue weighted by Gasteiger charge is 2.23. The second-order valence-electron chi connectivity index (χ2n) is 6.16. The van der Waals surface area contributed by atoms with E-state index in [9.17, 15) is 9.59 Å². The van der Waals surface area contributed by atoms with Gasteiger partial charge >= 0.3 is 0 Å². The van der Waals surface area contributed by atoms with Gasteiger partial charge in [0.05, 0.1) is 17.6 Å². The Hall–Kier alpha value is -3.03. The van der Waals surface area contributed by atoms with Gasteiger partial charge in [0.25, 0.3) is 5.56 Å². The lowest BCUT2D eigenvalue weighted by atomic mass is 10.2. The lowest BCUT2D eigenvalue weighted by Crippen LogP contribution is -2.39. The van der Waals surface area contributed by atoms with Crippen LogP contribution in [0.3, 0.4) is 0 Å². The highest BCUT2D eigenvalue weighted by molar-refractivity contribution is 5.77. The van der Waals surface area contributed by atoms with E-state index in [-0.39, 0.29) is 17.9 Å². The number of fused-ring (bicyclic) bond motifs is 2. The molecule has 25 heavy (non-hydrogen) atoms. The lowest BCUT2D eigenvalue weighted by Gasteiger charge is -2.27. The van der Waals surface area contributed by atoms with Crippen molar-refractivity contribution in [1.82, 2.24) is 29.6 Å². The van der Waals surface area contributed by atoms with E-state index in [2.05, 4.69) is 20.2 Å². The quantitative estimate of drug-likeness (QED) is 0.762. The van der Waals surface area contributed by atoms with Crippen molar-refractivity contribution < 1.29 is 4.79 Å². The minimum atomic E-state index is -0.236. The number of amides is 1. The van der Waals surface area contributed by atoms with Crippen LogP contribution in [-0.4, -0.2) is 42.1 Å². The minimum absolute atomic E-state index is 0.00117. The van der Waals surface area contributed by atoms with Gasteiger partial charge in [-0.25, -0.2) is 4.98 Å². The van der Waals surface area contributed by atoms with E-state index in [1.807, 2.05) is 35.8 Å². The smallest absolute Gasteiger partial charge is 0.270 e. The van der Waals surface area contributed by atoms with Gasteiger partial charge in [-0.2, -0.15) is 0 Å². The fourth-order valence-corrected chi connectivity index (χ4v) is 3.14. The zero-order chi connectivity index (χ0) is 17.4. The van der Waals surface area contributed by atoms with Crippen LogP contribution in [0, 0.1) is 6.92 Å². The summed E-state index contributed by atoms with van der Waals surface area (Å²) < 4.78 is 2.03. The molecule has 0 spiro atoms. The molecule has 0 saturated heterocycles. The molecule has 4 rings (SSSR count). The van der Waals surface area contributed by atoms with Gasteiger partial charge in [0, 0.05) is 25.9 Å². The molecule has 1 N–H and O–H groups in total. The van der Waals surface area contributed by atoms with Crippen LogP contribution < -0.4 is 5.56 Å². The summed E-state index contributed by atoms with van der Waals surface area (Å²) in [5.41, 5.74) is 1.59. The van der Waals surface area contributed by atoms with E-state index in [0.717, 1.165) is 17.2 Å². The number of hydrogen-bond donors (Lipinski definition) is 1. The first-order valence-electron chi connectivity index (χ1n) is 8.26. The molecule has 3 heterocycles. The third-order valence-electron chi connectivity index (χ3n) is 4.54. The highest BCUT2D eigenvalue weighted by Crippen LogP contribution is 2.14. The molecule has 0 atom stereocenters. The Morgan fingerprint density at radius 3 is 2.96 bits per heavy atom. The first-order chi connectivity index (χ1) is 12.1. The Kier molecular flexibility index (Phi) is 3.79. The molecule has 1 aromatic carbocycles. The normalized spacial score (nSPS) is 13.9. The number of aromatic nitrogens is 5. The number of rotatable bonds is 3. The molecule has 8 heteroatoms. The molecular weight excluding hydrogens is 320 g/mol. The fraction of sp³-hybridized carbons (Fsp3) is 0.353. The number of carbonyl (C=O) groups is 1. The van der Waals surface area contributed by atoms with Gasteiger partial charge in [-0.3, -0.25) is 9.59 Å². The van der Waals surface area contributed by atoms with Crippen LogP contribution >= 0.6 is 0 Å². The van der Waals surface area contributed by atoms with Crippen molar-refractivity contribution in [3.8, 4) is 0 Å². The van der Waals surface area contributed by atoms with Crippen molar-refractivity contribution >= 4 is 16.9 Å². The summed E-state index contributed by atoms with van der Waals surface area (Å²) in [5.74, 6) is 1.68. The highest BCUT2D eigenvalue weighted by atomic mass is 16.2. The molecule has 1 aliphatic heterocycles. The summed E-state index contributed by atoms with van der Waals surface area (Å²) in [4.78, 5) is 33.6. The molecule has 1 aliphatic rings. The topological polar surface area (TPSA) is 96.8 Å². The van der Waals surface area contributed by atoms with Gasteiger partial charge in [0.2, 0.25) is 5.91 Å². The molecule has 1 amide bonds. The molecule has 2 aromatic heterocycles. The number of carbonyl (C=O) groups excluding carboxylic acids is 1. The van der Waals surface area contributed by atoms with Crippen LogP contribution in [0.2, 0.25) is 0 Å². The van der Waals surface area contributed by atoms with Gasteiger partial charge in [-0.15, -0.1) is 10.2 Å². The van der Waals surface area contributed by atoms with E-state index < -0.39 is 0 Å². The predicted octanol–water partition coefficient (Wildman–Crippen LogP) is 0.798. The van der Waals surface area contributed by atoms with Crippen LogP contribution in [0.4, 0.5) is 0 Å². The maximum Gasteiger partial charge on any atom is 0.270 e. The van der Waals surface area contributed by atoms with Crippen LogP contribution in [0.1, 0.15) is 23.8 Å². The Morgan fingerprint density at radius 2 is 2.08 bits per heavy atom. The number of aryl methyl sites for hydroxylation is 2. The summed E-state index contributed by atoms with van der Waals surface area (Å²) in [7, 11) is 0. The number of hydrogen-bond acceptors (Lipinski definition) is 5. The number of nitrogens with one attached hydrogen (secondary N) is 1. The summed E-state index contributed by atoms with van der Waals surface area (Å²) in [5, 5.41) is 8.15. The molecule has 0 radical (unpaired) electrons. The molecule has 3 aromatic rings. The van der Waals surface area contributed by atoms with Gasteiger partial charge in [-0.1, -0.05) is 12.1 Å². The second-order valence-corrected chi connectivity index (χ2v) is 6.16. The summed E-state index contributed by atoms with van der Waals surface area (Å²) in [6.45, 7) is 3.70.